The average Bonchev–Trinajstić information content (AvgIpc) is 3.25. The number of hydrogen-bond donors (Lipinski definition) is 0. The molecule has 5 rings (SSSR count). The van der Waals surface area contributed by atoms with Gasteiger partial charge in [-0.3, -0.25) is 0 Å². The van der Waals surface area contributed by atoms with Crippen LogP contribution in [0, 0.1) is 5.41 Å². The maximum atomic E-state index is 2.60. The maximum absolute atomic E-state index is 2.60. The Labute approximate surface area is 199 Å². The van der Waals surface area contributed by atoms with E-state index in [2.05, 4.69) is 99.7 Å². The summed E-state index contributed by atoms with van der Waals surface area (Å²) < 4.78 is 5.88. The van der Waals surface area contributed by atoms with Gasteiger partial charge in [0.2, 0.25) is 0 Å². The van der Waals surface area contributed by atoms with Gasteiger partial charge >= 0.3 is 201 Å². The average molecular weight is 502 g/mol. The van der Waals surface area contributed by atoms with E-state index < -0.39 is 20.3 Å². The van der Waals surface area contributed by atoms with Crippen molar-refractivity contribution in [1.82, 2.24) is 0 Å². The van der Waals surface area contributed by atoms with E-state index in [0.717, 1.165) is 10.0 Å². The van der Waals surface area contributed by atoms with Gasteiger partial charge in [0.05, 0.1) is 0 Å². The molecule has 0 N–H and O–H groups in total. The second-order valence-corrected chi connectivity index (χ2v) is 22.8. The van der Waals surface area contributed by atoms with Gasteiger partial charge in [0, 0.05) is 0 Å². The van der Waals surface area contributed by atoms with E-state index in [-0.39, 0.29) is 0 Å². The Balaban J connectivity index is 1.57. The molecule has 0 aromatic heterocycles. The molecule has 1 heterocycles. The molecule has 2 aromatic carbocycles. The van der Waals surface area contributed by atoms with Crippen molar-refractivity contribution in [2.45, 2.75) is 68.4 Å². The summed E-state index contributed by atoms with van der Waals surface area (Å²) in [5.74, 6) is 0.528. The minimum absolute atomic E-state index is 0.315. The summed E-state index contributed by atoms with van der Waals surface area (Å²) in [6.45, 7) is 7.46. The molecule has 0 bridgehead atoms. The summed E-state index contributed by atoms with van der Waals surface area (Å²) in [6, 6.07) is 18.0. The van der Waals surface area contributed by atoms with Gasteiger partial charge in [0.15, 0.2) is 0 Å². The Kier molecular flexibility index (Phi) is 6.33. The van der Waals surface area contributed by atoms with Crippen molar-refractivity contribution >= 4 is 6.08 Å². The van der Waals surface area contributed by atoms with Crippen LogP contribution in [0.4, 0.5) is 0 Å². The number of unbranched alkanes of at least 4 members (excludes halogenated alkanes) is 1. The number of rotatable bonds is 9. The first-order valence-corrected chi connectivity index (χ1v) is 19.5. The fourth-order valence-electron chi connectivity index (χ4n) is 6.89. The molecule has 0 nitrogen and oxygen atoms in total. The van der Waals surface area contributed by atoms with Crippen LogP contribution in [-0.2, 0) is 20.3 Å². The Morgan fingerprint density at radius 1 is 1.03 bits per heavy atom. The Morgan fingerprint density at radius 3 is 2.50 bits per heavy atom. The molecular formula is C31H38Zr. The van der Waals surface area contributed by atoms with Gasteiger partial charge in [-0.2, -0.15) is 0 Å². The first-order chi connectivity index (χ1) is 15.6. The van der Waals surface area contributed by atoms with Crippen LogP contribution in [0.25, 0.3) is 17.2 Å². The van der Waals surface area contributed by atoms with E-state index in [9.17, 15) is 0 Å². The fraction of sp³-hybridized carbons (Fsp3) is 0.419. The number of allylic oxidation sites excluding steroid dienone is 5. The molecule has 166 valence electrons. The Morgan fingerprint density at radius 2 is 1.84 bits per heavy atom. The van der Waals surface area contributed by atoms with E-state index >= 15 is 0 Å². The quantitative estimate of drug-likeness (QED) is 0.321. The fourth-order valence-corrected chi connectivity index (χ4v) is 24.6. The molecule has 1 saturated heterocycles. The molecule has 0 spiro atoms. The van der Waals surface area contributed by atoms with Crippen molar-refractivity contribution < 1.29 is 20.3 Å². The summed E-state index contributed by atoms with van der Waals surface area (Å²) in [6.07, 6.45) is 17.5. The molecule has 1 fully saturated rings. The van der Waals surface area contributed by atoms with Gasteiger partial charge in [0.1, 0.15) is 0 Å². The van der Waals surface area contributed by atoms with Gasteiger partial charge in [-0.15, -0.1) is 0 Å². The molecule has 2 aromatic rings. The Bertz CT molecular complexity index is 1060. The standard InChI is InChI=1S/C24H23.C4H9.C3H6.Zr/c1-3-24(2,19-12-7-8-13-19)23-17-16-21-20(14-9-15-22(21)23)18-10-5-4-6-11-18;1-3-4-2;1-3-2;/h4-12,14-17,23H,2-3,13H2,1H3;1,3-4H2,2H3;3H,1H2,2H3;. The van der Waals surface area contributed by atoms with Gasteiger partial charge in [-0.25, -0.2) is 0 Å². The number of benzene rings is 2. The van der Waals surface area contributed by atoms with Crippen LogP contribution in [-0.4, -0.2) is 0 Å². The van der Waals surface area contributed by atoms with E-state index in [0.29, 0.717) is 11.3 Å². The number of fused-ring (bicyclic) bond motifs is 1. The molecule has 1 heteroatoms. The van der Waals surface area contributed by atoms with E-state index in [1.54, 1.807) is 23.5 Å². The normalized spacial score (nSPS) is 27.3. The molecule has 0 saturated carbocycles. The summed E-state index contributed by atoms with van der Waals surface area (Å²) in [7, 11) is 0. The molecule has 3 aliphatic rings. The first kappa shape index (κ1) is 22.3. The van der Waals surface area contributed by atoms with E-state index in [1.165, 1.54) is 36.0 Å². The van der Waals surface area contributed by atoms with Crippen LogP contribution in [0.1, 0.15) is 63.5 Å². The summed E-state index contributed by atoms with van der Waals surface area (Å²) in [5, 5.41) is 0. The van der Waals surface area contributed by atoms with E-state index in [1.807, 2.05) is 0 Å². The Hall–Kier alpha value is -1.46. The van der Waals surface area contributed by atoms with Gasteiger partial charge < -0.3 is 0 Å². The van der Waals surface area contributed by atoms with Crippen LogP contribution < -0.4 is 0 Å². The van der Waals surface area contributed by atoms with Crippen molar-refractivity contribution in [2.24, 2.45) is 5.41 Å². The zero-order valence-corrected chi connectivity index (χ0v) is 22.6. The molecule has 4 atom stereocenters. The predicted octanol–water partition coefficient (Wildman–Crippen LogP) is 9.78. The van der Waals surface area contributed by atoms with Crippen molar-refractivity contribution in [3.05, 3.63) is 89.5 Å². The van der Waals surface area contributed by atoms with Gasteiger partial charge in [0.25, 0.3) is 0 Å². The SMILES string of the molecule is CCC[CH2][Zr]1([CH2]C(CC)(C2=CC=CC2)C2C=Cc3c(-c4ccccc4)cccc32)[CH2][CH]1C. The van der Waals surface area contributed by atoms with Crippen LogP contribution in [0.5, 0.6) is 0 Å². The molecule has 0 amide bonds. The molecule has 2 aliphatic carbocycles. The molecule has 0 radical (unpaired) electrons. The van der Waals surface area contributed by atoms with Crippen molar-refractivity contribution in [1.29, 1.82) is 0 Å². The minimum atomic E-state index is -2.05. The third kappa shape index (κ3) is 3.79. The van der Waals surface area contributed by atoms with Crippen molar-refractivity contribution in [2.75, 3.05) is 0 Å². The van der Waals surface area contributed by atoms with Crippen LogP contribution >= 0.6 is 0 Å². The summed E-state index contributed by atoms with van der Waals surface area (Å²) in [4.78, 5) is 0. The van der Waals surface area contributed by atoms with Crippen LogP contribution in [0.3, 0.4) is 0 Å². The van der Waals surface area contributed by atoms with Gasteiger partial charge in [-0.05, 0) is 0 Å². The first-order valence-electron chi connectivity index (χ1n) is 12.9. The topological polar surface area (TPSA) is 0 Å². The molecular weight excluding hydrogens is 464 g/mol. The monoisotopic (exact) mass is 500 g/mol. The zero-order valence-electron chi connectivity index (χ0n) is 20.1. The van der Waals surface area contributed by atoms with Crippen molar-refractivity contribution in [3.8, 4) is 11.1 Å². The third-order valence-corrected chi connectivity index (χ3v) is 23.4. The molecule has 1 aliphatic heterocycles. The third-order valence-electron chi connectivity index (χ3n) is 8.95. The summed E-state index contributed by atoms with van der Waals surface area (Å²) >= 11 is -2.05. The zero-order chi connectivity index (χ0) is 22.2. The summed E-state index contributed by atoms with van der Waals surface area (Å²) in [5.41, 5.74) is 7.82. The second-order valence-electron chi connectivity index (χ2n) is 10.6. The predicted molar refractivity (Wildman–Crippen MR) is 137 cm³/mol. The van der Waals surface area contributed by atoms with Crippen LogP contribution in [0.2, 0.25) is 16.0 Å². The number of hydrogen-bond acceptors (Lipinski definition) is 0. The molecule has 4 unspecified atom stereocenters. The van der Waals surface area contributed by atoms with Crippen molar-refractivity contribution in [3.63, 3.8) is 0 Å². The van der Waals surface area contributed by atoms with Crippen LogP contribution in [0.15, 0.2) is 78.4 Å². The van der Waals surface area contributed by atoms with E-state index in [4.69, 9.17) is 0 Å². The molecule has 32 heavy (non-hydrogen) atoms. The van der Waals surface area contributed by atoms with Gasteiger partial charge in [-0.1, -0.05) is 0 Å². The second kappa shape index (κ2) is 9.06.